The molecular formula is C15H13FO2. The molecule has 0 fully saturated rings. The number of carbonyl (C=O) groups is 1. The Bertz CT molecular complexity index is 550. The Morgan fingerprint density at radius 2 is 1.83 bits per heavy atom. The first-order valence-corrected chi connectivity index (χ1v) is 5.75. The third kappa shape index (κ3) is 2.40. The fourth-order valence-corrected chi connectivity index (χ4v) is 1.74. The van der Waals surface area contributed by atoms with Crippen molar-refractivity contribution in [3.05, 3.63) is 59.9 Å². The fraction of sp³-hybridized carbons (Fsp3) is 0.133. The second-order valence-electron chi connectivity index (χ2n) is 3.75. The molecule has 0 aromatic heterocycles. The van der Waals surface area contributed by atoms with Crippen molar-refractivity contribution in [2.45, 2.75) is 6.92 Å². The van der Waals surface area contributed by atoms with Gasteiger partial charge in [0.05, 0.1) is 12.2 Å². The number of halogens is 1. The number of benzene rings is 2. The second kappa shape index (κ2) is 5.45. The van der Waals surface area contributed by atoms with Gasteiger partial charge in [-0.1, -0.05) is 42.5 Å². The Morgan fingerprint density at radius 1 is 1.11 bits per heavy atom. The standard InChI is InChI=1S/C15H13FO2/c1-2-18-15(17)13-10-6-9-12(14(13)16)11-7-4-3-5-8-11/h3-10H,2H2,1H3. The van der Waals surface area contributed by atoms with Crippen LogP contribution < -0.4 is 0 Å². The molecule has 0 unspecified atom stereocenters. The van der Waals surface area contributed by atoms with E-state index in [9.17, 15) is 9.18 Å². The highest BCUT2D eigenvalue weighted by atomic mass is 19.1. The zero-order valence-corrected chi connectivity index (χ0v) is 10.0. The van der Waals surface area contributed by atoms with E-state index in [4.69, 9.17) is 4.74 Å². The molecule has 0 bridgehead atoms. The van der Waals surface area contributed by atoms with E-state index in [2.05, 4.69) is 0 Å². The molecule has 2 nitrogen and oxygen atoms in total. The number of rotatable bonds is 3. The van der Waals surface area contributed by atoms with Crippen molar-refractivity contribution in [1.82, 2.24) is 0 Å². The summed E-state index contributed by atoms with van der Waals surface area (Å²) in [5, 5.41) is 0. The zero-order chi connectivity index (χ0) is 13.0. The Labute approximate surface area is 105 Å². The van der Waals surface area contributed by atoms with E-state index in [0.717, 1.165) is 5.56 Å². The molecule has 0 aliphatic rings. The first-order chi connectivity index (χ1) is 8.74. The topological polar surface area (TPSA) is 26.3 Å². The van der Waals surface area contributed by atoms with Crippen LogP contribution in [0.3, 0.4) is 0 Å². The van der Waals surface area contributed by atoms with Crippen LogP contribution in [0.4, 0.5) is 4.39 Å². The molecule has 0 aliphatic heterocycles. The van der Waals surface area contributed by atoms with E-state index in [0.29, 0.717) is 5.56 Å². The van der Waals surface area contributed by atoms with Gasteiger partial charge in [0.1, 0.15) is 5.82 Å². The maximum Gasteiger partial charge on any atom is 0.341 e. The lowest BCUT2D eigenvalue weighted by Gasteiger charge is -2.07. The summed E-state index contributed by atoms with van der Waals surface area (Å²) < 4.78 is 19.1. The van der Waals surface area contributed by atoms with Crippen molar-refractivity contribution in [1.29, 1.82) is 0 Å². The highest BCUT2D eigenvalue weighted by molar-refractivity contribution is 5.91. The Hall–Kier alpha value is -2.16. The maximum atomic E-state index is 14.2. The van der Waals surface area contributed by atoms with Gasteiger partial charge in [0, 0.05) is 5.56 Å². The van der Waals surface area contributed by atoms with Gasteiger partial charge in [-0.05, 0) is 18.6 Å². The average molecular weight is 244 g/mol. The summed E-state index contributed by atoms with van der Waals surface area (Å²) in [7, 11) is 0. The molecule has 0 heterocycles. The summed E-state index contributed by atoms with van der Waals surface area (Å²) in [4.78, 5) is 11.6. The van der Waals surface area contributed by atoms with Crippen LogP contribution in [0.5, 0.6) is 0 Å². The molecular weight excluding hydrogens is 231 g/mol. The van der Waals surface area contributed by atoms with Gasteiger partial charge in [0.2, 0.25) is 0 Å². The quantitative estimate of drug-likeness (QED) is 0.770. The van der Waals surface area contributed by atoms with Crippen LogP contribution >= 0.6 is 0 Å². The molecule has 18 heavy (non-hydrogen) atoms. The summed E-state index contributed by atoms with van der Waals surface area (Å²) in [6.07, 6.45) is 0. The molecule has 92 valence electrons. The van der Waals surface area contributed by atoms with Gasteiger partial charge in [0.15, 0.2) is 0 Å². The monoisotopic (exact) mass is 244 g/mol. The number of esters is 1. The molecule has 0 aliphatic carbocycles. The third-order valence-electron chi connectivity index (χ3n) is 2.58. The molecule has 0 N–H and O–H groups in total. The number of hydrogen-bond acceptors (Lipinski definition) is 2. The molecule has 0 atom stereocenters. The number of hydrogen-bond donors (Lipinski definition) is 0. The van der Waals surface area contributed by atoms with Gasteiger partial charge in [-0.25, -0.2) is 9.18 Å². The smallest absolute Gasteiger partial charge is 0.341 e. The van der Waals surface area contributed by atoms with E-state index in [1.165, 1.54) is 6.07 Å². The van der Waals surface area contributed by atoms with Crippen LogP contribution in [-0.4, -0.2) is 12.6 Å². The van der Waals surface area contributed by atoms with E-state index in [1.54, 1.807) is 31.2 Å². The lowest BCUT2D eigenvalue weighted by molar-refractivity contribution is 0.0521. The zero-order valence-electron chi connectivity index (χ0n) is 10.0. The molecule has 0 saturated heterocycles. The Balaban J connectivity index is 2.46. The molecule has 0 radical (unpaired) electrons. The van der Waals surface area contributed by atoms with Gasteiger partial charge in [0.25, 0.3) is 0 Å². The van der Waals surface area contributed by atoms with Crippen LogP contribution in [0, 0.1) is 5.82 Å². The minimum atomic E-state index is -0.632. The van der Waals surface area contributed by atoms with Crippen molar-refractivity contribution < 1.29 is 13.9 Å². The largest absolute Gasteiger partial charge is 0.462 e. The third-order valence-corrected chi connectivity index (χ3v) is 2.58. The lowest BCUT2D eigenvalue weighted by Crippen LogP contribution is -2.07. The van der Waals surface area contributed by atoms with Crippen molar-refractivity contribution in [3.8, 4) is 11.1 Å². The number of carbonyl (C=O) groups excluding carboxylic acids is 1. The van der Waals surface area contributed by atoms with Gasteiger partial charge in [-0.3, -0.25) is 0 Å². The van der Waals surface area contributed by atoms with Crippen molar-refractivity contribution >= 4 is 5.97 Å². The molecule has 0 amide bonds. The van der Waals surface area contributed by atoms with Gasteiger partial charge >= 0.3 is 5.97 Å². The highest BCUT2D eigenvalue weighted by Crippen LogP contribution is 2.25. The van der Waals surface area contributed by atoms with Crippen LogP contribution in [0.15, 0.2) is 48.5 Å². The summed E-state index contributed by atoms with van der Waals surface area (Å²) in [6.45, 7) is 1.92. The summed E-state index contributed by atoms with van der Waals surface area (Å²) in [6, 6.07) is 13.8. The molecule has 0 saturated carbocycles. The van der Waals surface area contributed by atoms with Gasteiger partial charge in [-0.15, -0.1) is 0 Å². The van der Waals surface area contributed by atoms with E-state index in [1.807, 2.05) is 18.2 Å². The summed E-state index contributed by atoms with van der Waals surface area (Å²) >= 11 is 0. The number of ether oxygens (including phenoxy) is 1. The van der Waals surface area contributed by atoms with E-state index in [-0.39, 0.29) is 12.2 Å². The fourth-order valence-electron chi connectivity index (χ4n) is 1.74. The highest BCUT2D eigenvalue weighted by Gasteiger charge is 2.16. The van der Waals surface area contributed by atoms with Crippen LogP contribution in [0.2, 0.25) is 0 Å². The molecule has 2 aromatic carbocycles. The predicted octanol–water partition coefficient (Wildman–Crippen LogP) is 3.67. The molecule has 0 spiro atoms. The normalized spacial score (nSPS) is 10.1. The van der Waals surface area contributed by atoms with Crippen molar-refractivity contribution in [3.63, 3.8) is 0 Å². The average Bonchev–Trinajstić information content (AvgIpc) is 2.40. The van der Waals surface area contributed by atoms with E-state index >= 15 is 0 Å². The Morgan fingerprint density at radius 3 is 2.50 bits per heavy atom. The predicted molar refractivity (Wildman–Crippen MR) is 67.8 cm³/mol. The van der Waals surface area contributed by atoms with E-state index < -0.39 is 11.8 Å². The first-order valence-electron chi connectivity index (χ1n) is 5.75. The van der Waals surface area contributed by atoms with Gasteiger partial charge in [-0.2, -0.15) is 0 Å². The Kier molecular flexibility index (Phi) is 3.72. The van der Waals surface area contributed by atoms with Crippen molar-refractivity contribution in [2.24, 2.45) is 0 Å². The van der Waals surface area contributed by atoms with Crippen LogP contribution in [-0.2, 0) is 4.74 Å². The second-order valence-corrected chi connectivity index (χ2v) is 3.75. The van der Waals surface area contributed by atoms with Crippen LogP contribution in [0.25, 0.3) is 11.1 Å². The van der Waals surface area contributed by atoms with Crippen LogP contribution in [0.1, 0.15) is 17.3 Å². The summed E-state index contributed by atoms with van der Waals surface area (Å²) in [5.41, 5.74) is 1.11. The van der Waals surface area contributed by atoms with Crippen molar-refractivity contribution in [2.75, 3.05) is 6.61 Å². The lowest BCUT2D eigenvalue weighted by atomic mass is 10.0. The SMILES string of the molecule is CCOC(=O)c1cccc(-c2ccccc2)c1F. The summed E-state index contributed by atoms with van der Waals surface area (Å²) in [5.74, 6) is -1.17. The minimum Gasteiger partial charge on any atom is -0.462 e. The first kappa shape index (κ1) is 12.3. The minimum absolute atomic E-state index is 0.0294. The molecule has 3 heteroatoms. The molecule has 2 rings (SSSR count). The maximum absolute atomic E-state index is 14.2. The molecule has 2 aromatic rings. The van der Waals surface area contributed by atoms with Gasteiger partial charge < -0.3 is 4.74 Å².